The van der Waals surface area contributed by atoms with E-state index in [9.17, 15) is 18.0 Å². The molecule has 0 bridgehead atoms. The van der Waals surface area contributed by atoms with Crippen LogP contribution in [0.5, 0.6) is 0 Å². The van der Waals surface area contributed by atoms with Crippen molar-refractivity contribution in [1.82, 2.24) is 9.80 Å². The van der Waals surface area contributed by atoms with Crippen molar-refractivity contribution < 1.29 is 18.0 Å². The van der Waals surface area contributed by atoms with Crippen molar-refractivity contribution in [3.63, 3.8) is 0 Å². The standard InChI is InChI=1S/C19H24N2O4S/c22-18(11-14-5-2-1-3-6-14)20-9-10-21(19(23)15-7-4-8-15)17-13-26(24,25)12-16(17)20/h1-3,5-6,15-17H,4,7-13H2/t16-,17+/m0/s1. The highest BCUT2D eigenvalue weighted by atomic mass is 32.2. The van der Waals surface area contributed by atoms with Crippen molar-refractivity contribution in [2.45, 2.75) is 37.8 Å². The minimum absolute atomic E-state index is 0.0226. The van der Waals surface area contributed by atoms with Gasteiger partial charge in [0, 0.05) is 19.0 Å². The maximum absolute atomic E-state index is 12.8. The zero-order valence-corrected chi connectivity index (χ0v) is 15.5. The van der Waals surface area contributed by atoms with Gasteiger partial charge in [-0.05, 0) is 18.4 Å². The van der Waals surface area contributed by atoms with E-state index in [1.807, 2.05) is 30.3 Å². The number of amides is 2. The average molecular weight is 376 g/mol. The fourth-order valence-electron chi connectivity index (χ4n) is 4.30. The highest BCUT2D eigenvalue weighted by molar-refractivity contribution is 7.91. The Bertz CT molecular complexity index is 804. The molecule has 6 nitrogen and oxygen atoms in total. The van der Waals surface area contributed by atoms with Gasteiger partial charge >= 0.3 is 0 Å². The molecule has 4 rings (SSSR count). The third-order valence-electron chi connectivity index (χ3n) is 5.93. The fourth-order valence-corrected chi connectivity index (χ4v) is 6.28. The quantitative estimate of drug-likeness (QED) is 0.784. The van der Waals surface area contributed by atoms with Crippen LogP contribution in [0.4, 0.5) is 0 Å². The van der Waals surface area contributed by atoms with Gasteiger partial charge < -0.3 is 9.80 Å². The van der Waals surface area contributed by atoms with E-state index < -0.39 is 15.9 Å². The maximum Gasteiger partial charge on any atom is 0.227 e. The monoisotopic (exact) mass is 376 g/mol. The lowest BCUT2D eigenvalue weighted by Crippen LogP contribution is -2.63. The lowest BCUT2D eigenvalue weighted by atomic mass is 9.83. The molecule has 2 heterocycles. The molecule has 0 N–H and O–H groups in total. The topological polar surface area (TPSA) is 74.8 Å². The predicted molar refractivity (Wildman–Crippen MR) is 97.1 cm³/mol. The Morgan fingerprint density at radius 2 is 1.58 bits per heavy atom. The zero-order chi connectivity index (χ0) is 18.3. The van der Waals surface area contributed by atoms with Crippen LogP contribution in [0.25, 0.3) is 0 Å². The first-order valence-corrected chi connectivity index (χ1v) is 11.1. The molecule has 1 aliphatic carbocycles. The van der Waals surface area contributed by atoms with Crippen LogP contribution in [0.2, 0.25) is 0 Å². The summed E-state index contributed by atoms with van der Waals surface area (Å²) in [7, 11) is -3.24. The molecule has 2 amide bonds. The molecule has 0 spiro atoms. The van der Waals surface area contributed by atoms with Crippen LogP contribution in [0.3, 0.4) is 0 Å². The van der Waals surface area contributed by atoms with Crippen molar-refractivity contribution in [2.75, 3.05) is 24.6 Å². The smallest absolute Gasteiger partial charge is 0.227 e. The molecule has 0 aromatic heterocycles. The number of sulfone groups is 1. The van der Waals surface area contributed by atoms with Crippen LogP contribution in [0.1, 0.15) is 24.8 Å². The second-order valence-electron chi connectivity index (χ2n) is 7.62. The van der Waals surface area contributed by atoms with Gasteiger partial charge in [-0.2, -0.15) is 0 Å². The molecule has 26 heavy (non-hydrogen) atoms. The number of benzene rings is 1. The molecule has 1 aromatic rings. The zero-order valence-electron chi connectivity index (χ0n) is 14.7. The molecule has 140 valence electrons. The molecular weight excluding hydrogens is 352 g/mol. The minimum Gasteiger partial charge on any atom is -0.335 e. The molecule has 1 saturated carbocycles. The largest absolute Gasteiger partial charge is 0.335 e. The summed E-state index contributed by atoms with van der Waals surface area (Å²) < 4.78 is 24.5. The van der Waals surface area contributed by atoms with Crippen LogP contribution in [0, 0.1) is 5.92 Å². The van der Waals surface area contributed by atoms with Gasteiger partial charge in [0.2, 0.25) is 11.8 Å². The molecule has 1 aromatic carbocycles. The van der Waals surface area contributed by atoms with Crippen molar-refractivity contribution >= 4 is 21.7 Å². The second kappa shape index (κ2) is 6.68. The summed E-state index contributed by atoms with van der Waals surface area (Å²) in [6.45, 7) is 0.855. The van der Waals surface area contributed by atoms with Gasteiger partial charge in [-0.3, -0.25) is 9.59 Å². The Hall–Kier alpha value is -1.89. The number of rotatable bonds is 3. The molecular formula is C19H24N2O4S. The van der Waals surface area contributed by atoms with Crippen molar-refractivity contribution in [3.05, 3.63) is 35.9 Å². The summed E-state index contributed by atoms with van der Waals surface area (Å²) >= 11 is 0. The summed E-state index contributed by atoms with van der Waals surface area (Å²) in [6.07, 6.45) is 3.13. The summed E-state index contributed by atoms with van der Waals surface area (Å²) in [6, 6.07) is 8.68. The van der Waals surface area contributed by atoms with Gasteiger partial charge in [0.1, 0.15) is 0 Å². The first kappa shape index (κ1) is 17.5. The highest BCUT2D eigenvalue weighted by Gasteiger charge is 2.50. The third kappa shape index (κ3) is 3.24. The SMILES string of the molecule is O=C(C1CCC1)N1CCN(C(=O)Cc2ccccc2)[C@H]2CS(=O)(=O)C[C@H]21. The average Bonchev–Trinajstić information content (AvgIpc) is 2.87. The van der Waals surface area contributed by atoms with Crippen molar-refractivity contribution in [3.8, 4) is 0 Å². The van der Waals surface area contributed by atoms with E-state index in [1.165, 1.54) is 0 Å². The fraction of sp³-hybridized carbons (Fsp3) is 0.579. The lowest BCUT2D eigenvalue weighted by Gasteiger charge is -2.45. The van der Waals surface area contributed by atoms with Gasteiger partial charge in [-0.25, -0.2) is 8.42 Å². The van der Waals surface area contributed by atoms with E-state index in [-0.39, 0.29) is 41.7 Å². The Kier molecular flexibility index (Phi) is 4.50. The Morgan fingerprint density at radius 1 is 0.962 bits per heavy atom. The van der Waals surface area contributed by atoms with Gasteiger partial charge in [0.15, 0.2) is 9.84 Å². The Morgan fingerprint density at radius 3 is 2.19 bits per heavy atom. The van der Waals surface area contributed by atoms with Crippen molar-refractivity contribution in [1.29, 1.82) is 0 Å². The normalized spacial score (nSPS) is 27.7. The summed E-state index contributed by atoms with van der Waals surface area (Å²) in [5, 5.41) is 0. The van der Waals surface area contributed by atoms with Gasteiger partial charge in [0.05, 0.1) is 30.0 Å². The second-order valence-corrected chi connectivity index (χ2v) is 9.77. The van der Waals surface area contributed by atoms with E-state index in [4.69, 9.17) is 0 Å². The molecule has 3 aliphatic rings. The van der Waals surface area contributed by atoms with Crippen LogP contribution in [-0.4, -0.2) is 66.7 Å². The number of hydrogen-bond donors (Lipinski definition) is 0. The molecule has 3 fully saturated rings. The minimum atomic E-state index is -3.24. The molecule has 2 saturated heterocycles. The van der Waals surface area contributed by atoms with Crippen LogP contribution in [0.15, 0.2) is 30.3 Å². The number of carbonyl (C=O) groups excluding carboxylic acids is 2. The van der Waals surface area contributed by atoms with E-state index in [1.54, 1.807) is 9.80 Å². The van der Waals surface area contributed by atoms with Crippen LogP contribution >= 0.6 is 0 Å². The predicted octanol–water partition coefficient (Wildman–Crippen LogP) is 0.866. The molecule has 0 radical (unpaired) electrons. The van der Waals surface area contributed by atoms with E-state index in [0.29, 0.717) is 13.1 Å². The molecule has 2 atom stereocenters. The summed E-state index contributed by atoms with van der Waals surface area (Å²) in [5.41, 5.74) is 0.919. The number of nitrogens with zero attached hydrogens (tertiary/aromatic N) is 2. The maximum atomic E-state index is 12.8. The van der Waals surface area contributed by atoms with E-state index in [2.05, 4.69) is 0 Å². The van der Waals surface area contributed by atoms with E-state index in [0.717, 1.165) is 24.8 Å². The van der Waals surface area contributed by atoms with Gasteiger partial charge in [-0.15, -0.1) is 0 Å². The summed E-state index contributed by atoms with van der Waals surface area (Å²) in [4.78, 5) is 29.0. The highest BCUT2D eigenvalue weighted by Crippen LogP contribution is 2.33. The molecule has 0 unspecified atom stereocenters. The third-order valence-corrected chi connectivity index (χ3v) is 7.63. The summed E-state index contributed by atoms with van der Waals surface area (Å²) in [5.74, 6) is 0.0146. The Balaban J connectivity index is 1.53. The molecule has 7 heteroatoms. The number of fused-ring (bicyclic) bond motifs is 1. The van der Waals surface area contributed by atoms with E-state index >= 15 is 0 Å². The first-order valence-electron chi connectivity index (χ1n) is 9.29. The van der Waals surface area contributed by atoms with Crippen molar-refractivity contribution in [2.24, 2.45) is 5.92 Å². The first-order chi connectivity index (χ1) is 12.4. The van der Waals surface area contributed by atoms with Gasteiger partial charge in [-0.1, -0.05) is 36.8 Å². The number of piperazine rings is 1. The van der Waals surface area contributed by atoms with Gasteiger partial charge in [0.25, 0.3) is 0 Å². The number of hydrogen-bond acceptors (Lipinski definition) is 4. The number of carbonyl (C=O) groups is 2. The van der Waals surface area contributed by atoms with Crippen LogP contribution in [-0.2, 0) is 25.8 Å². The molecule has 2 aliphatic heterocycles. The lowest BCUT2D eigenvalue weighted by molar-refractivity contribution is -0.149. The Labute approximate surface area is 154 Å². The van der Waals surface area contributed by atoms with Crippen LogP contribution < -0.4 is 0 Å².